The van der Waals surface area contributed by atoms with E-state index < -0.39 is 0 Å². The fourth-order valence-electron chi connectivity index (χ4n) is 2.18. The summed E-state index contributed by atoms with van der Waals surface area (Å²) in [7, 11) is 0. The molecular formula is C20H20N2O2. The molecule has 0 aliphatic carbocycles. The molecule has 0 aliphatic heterocycles. The van der Waals surface area contributed by atoms with Gasteiger partial charge in [0.15, 0.2) is 0 Å². The van der Waals surface area contributed by atoms with Crippen LogP contribution < -0.4 is 10.1 Å². The van der Waals surface area contributed by atoms with Gasteiger partial charge >= 0.3 is 0 Å². The van der Waals surface area contributed by atoms with E-state index in [0.717, 1.165) is 29.7 Å². The number of benzene rings is 2. The number of unbranched alkanes of at least 4 members (excludes halogenated alkanes) is 1. The second kappa shape index (κ2) is 9.16. The van der Waals surface area contributed by atoms with Crippen LogP contribution in [-0.2, 0) is 4.79 Å². The Balaban J connectivity index is 1.76. The Morgan fingerprint density at radius 2 is 1.71 bits per heavy atom. The zero-order valence-corrected chi connectivity index (χ0v) is 13.5. The van der Waals surface area contributed by atoms with Crippen LogP contribution in [0.25, 0.3) is 11.1 Å². The summed E-state index contributed by atoms with van der Waals surface area (Å²) in [6.45, 7) is 4.64. The summed E-state index contributed by atoms with van der Waals surface area (Å²) in [5, 5.41) is 11.6. The molecule has 2 aromatic carbocycles. The minimum Gasteiger partial charge on any atom is -0.494 e. The third-order valence-corrected chi connectivity index (χ3v) is 3.53. The lowest BCUT2D eigenvalue weighted by molar-refractivity contribution is -0.116. The first-order valence-electron chi connectivity index (χ1n) is 7.86. The van der Waals surface area contributed by atoms with Crippen LogP contribution in [-0.4, -0.2) is 19.1 Å². The van der Waals surface area contributed by atoms with Crippen molar-refractivity contribution >= 4 is 5.91 Å². The molecule has 122 valence electrons. The van der Waals surface area contributed by atoms with Crippen molar-refractivity contribution in [2.75, 3.05) is 13.2 Å². The Labute approximate surface area is 142 Å². The zero-order chi connectivity index (χ0) is 17.2. The van der Waals surface area contributed by atoms with Crippen molar-refractivity contribution in [1.82, 2.24) is 5.32 Å². The lowest BCUT2D eigenvalue weighted by atomic mass is 10.0. The third kappa shape index (κ3) is 5.29. The summed E-state index contributed by atoms with van der Waals surface area (Å²) in [5.74, 6) is 0.678. The topological polar surface area (TPSA) is 62.1 Å². The average molecular weight is 320 g/mol. The van der Waals surface area contributed by atoms with Gasteiger partial charge in [-0.25, -0.2) is 0 Å². The quantitative estimate of drug-likeness (QED) is 0.596. The van der Waals surface area contributed by atoms with Gasteiger partial charge in [0.1, 0.15) is 5.75 Å². The molecule has 0 atom stereocenters. The number of hydrogen-bond acceptors (Lipinski definition) is 3. The van der Waals surface area contributed by atoms with Gasteiger partial charge in [0, 0.05) is 6.54 Å². The second-order valence-electron chi connectivity index (χ2n) is 5.26. The Hall–Kier alpha value is -3.06. The molecular weight excluding hydrogens is 300 g/mol. The molecule has 0 saturated heterocycles. The van der Waals surface area contributed by atoms with Crippen LogP contribution in [0, 0.1) is 11.3 Å². The number of ether oxygens (including phenoxy) is 1. The fraction of sp³-hybridized carbons (Fsp3) is 0.200. The highest BCUT2D eigenvalue weighted by atomic mass is 16.5. The molecule has 4 heteroatoms. The van der Waals surface area contributed by atoms with E-state index in [4.69, 9.17) is 10.00 Å². The molecule has 0 heterocycles. The van der Waals surface area contributed by atoms with E-state index in [0.29, 0.717) is 18.7 Å². The van der Waals surface area contributed by atoms with Crippen molar-refractivity contribution in [3.63, 3.8) is 0 Å². The highest BCUT2D eigenvalue weighted by molar-refractivity contribution is 5.86. The molecule has 0 bridgehead atoms. The number of carbonyl (C=O) groups excluding carboxylic acids is 1. The molecule has 0 saturated carbocycles. The van der Waals surface area contributed by atoms with Crippen molar-refractivity contribution in [3.8, 4) is 22.9 Å². The standard InChI is InChI=1S/C20H20N2O2/c1-2-20(23)22-13-3-4-14-24-19-11-9-18(10-12-19)17-7-5-16(15-21)6-8-17/h2,5-12H,1,3-4,13-14H2,(H,22,23). The van der Waals surface area contributed by atoms with E-state index in [1.54, 1.807) is 0 Å². The fourth-order valence-corrected chi connectivity index (χ4v) is 2.18. The number of rotatable bonds is 8. The van der Waals surface area contributed by atoms with E-state index in [1.165, 1.54) is 6.08 Å². The number of nitrogens with one attached hydrogen (secondary N) is 1. The first-order chi connectivity index (χ1) is 11.7. The van der Waals surface area contributed by atoms with Gasteiger partial charge in [-0.05, 0) is 54.3 Å². The lowest BCUT2D eigenvalue weighted by Gasteiger charge is -2.08. The highest BCUT2D eigenvalue weighted by Crippen LogP contribution is 2.22. The SMILES string of the molecule is C=CC(=O)NCCCCOc1ccc(-c2ccc(C#N)cc2)cc1. The normalized spacial score (nSPS) is 9.79. The van der Waals surface area contributed by atoms with E-state index in [2.05, 4.69) is 18.0 Å². The van der Waals surface area contributed by atoms with Crippen LogP contribution in [0.3, 0.4) is 0 Å². The predicted octanol–water partition coefficient (Wildman–Crippen LogP) is 3.69. The van der Waals surface area contributed by atoms with Crippen molar-refractivity contribution in [1.29, 1.82) is 5.26 Å². The van der Waals surface area contributed by atoms with Crippen LogP contribution in [0.4, 0.5) is 0 Å². The number of nitriles is 1. The van der Waals surface area contributed by atoms with Crippen LogP contribution >= 0.6 is 0 Å². The van der Waals surface area contributed by atoms with Crippen LogP contribution in [0.2, 0.25) is 0 Å². The molecule has 2 rings (SSSR count). The third-order valence-electron chi connectivity index (χ3n) is 3.53. The first-order valence-corrected chi connectivity index (χ1v) is 7.86. The zero-order valence-electron chi connectivity index (χ0n) is 13.5. The van der Waals surface area contributed by atoms with E-state index in [9.17, 15) is 4.79 Å². The monoisotopic (exact) mass is 320 g/mol. The molecule has 1 N–H and O–H groups in total. The van der Waals surface area contributed by atoms with Crippen molar-refractivity contribution in [2.45, 2.75) is 12.8 Å². The Kier molecular flexibility index (Phi) is 6.60. The molecule has 0 radical (unpaired) electrons. The molecule has 24 heavy (non-hydrogen) atoms. The average Bonchev–Trinajstić information content (AvgIpc) is 2.65. The van der Waals surface area contributed by atoms with Crippen molar-refractivity contribution in [2.24, 2.45) is 0 Å². The molecule has 1 amide bonds. The van der Waals surface area contributed by atoms with Gasteiger partial charge in [0.05, 0.1) is 18.2 Å². The summed E-state index contributed by atoms with van der Waals surface area (Å²) in [4.78, 5) is 11.0. The Bertz CT molecular complexity index is 713. The first kappa shape index (κ1) is 17.3. The summed E-state index contributed by atoms with van der Waals surface area (Å²) in [6.07, 6.45) is 3.00. The van der Waals surface area contributed by atoms with Gasteiger partial charge in [-0.1, -0.05) is 30.8 Å². The second-order valence-corrected chi connectivity index (χ2v) is 5.26. The summed E-state index contributed by atoms with van der Waals surface area (Å²) in [6, 6.07) is 17.5. The maximum Gasteiger partial charge on any atom is 0.243 e. The van der Waals surface area contributed by atoms with Gasteiger partial charge in [-0.2, -0.15) is 5.26 Å². The van der Waals surface area contributed by atoms with Crippen LogP contribution in [0.15, 0.2) is 61.2 Å². The maximum absolute atomic E-state index is 11.0. The van der Waals surface area contributed by atoms with Gasteiger partial charge in [-0.15, -0.1) is 0 Å². The largest absolute Gasteiger partial charge is 0.494 e. The highest BCUT2D eigenvalue weighted by Gasteiger charge is 2.00. The molecule has 2 aromatic rings. The molecule has 0 spiro atoms. The maximum atomic E-state index is 11.0. The number of carbonyl (C=O) groups is 1. The summed E-state index contributed by atoms with van der Waals surface area (Å²) >= 11 is 0. The smallest absolute Gasteiger partial charge is 0.243 e. The van der Waals surface area contributed by atoms with Crippen molar-refractivity contribution < 1.29 is 9.53 Å². The Morgan fingerprint density at radius 3 is 2.29 bits per heavy atom. The molecule has 0 unspecified atom stereocenters. The van der Waals surface area contributed by atoms with Gasteiger partial charge in [0.2, 0.25) is 5.91 Å². The summed E-state index contributed by atoms with van der Waals surface area (Å²) in [5.41, 5.74) is 2.81. The minimum absolute atomic E-state index is 0.144. The van der Waals surface area contributed by atoms with Crippen LogP contribution in [0.1, 0.15) is 18.4 Å². The number of hydrogen-bond donors (Lipinski definition) is 1. The van der Waals surface area contributed by atoms with Gasteiger partial charge < -0.3 is 10.1 Å². The molecule has 0 aliphatic rings. The predicted molar refractivity (Wildman–Crippen MR) is 94.5 cm³/mol. The van der Waals surface area contributed by atoms with Gasteiger partial charge in [-0.3, -0.25) is 4.79 Å². The van der Waals surface area contributed by atoms with E-state index >= 15 is 0 Å². The minimum atomic E-state index is -0.144. The number of amides is 1. The molecule has 0 fully saturated rings. The lowest BCUT2D eigenvalue weighted by Crippen LogP contribution is -2.22. The summed E-state index contributed by atoms with van der Waals surface area (Å²) < 4.78 is 5.69. The molecule has 4 nitrogen and oxygen atoms in total. The van der Waals surface area contributed by atoms with Gasteiger partial charge in [0.25, 0.3) is 0 Å². The molecule has 0 aromatic heterocycles. The number of nitrogens with zero attached hydrogens (tertiary/aromatic N) is 1. The van der Waals surface area contributed by atoms with Crippen molar-refractivity contribution in [3.05, 3.63) is 66.7 Å². The van der Waals surface area contributed by atoms with E-state index in [-0.39, 0.29) is 5.91 Å². The van der Waals surface area contributed by atoms with E-state index in [1.807, 2.05) is 48.5 Å². The Morgan fingerprint density at radius 1 is 1.08 bits per heavy atom. The van der Waals surface area contributed by atoms with Crippen LogP contribution in [0.5, 0.6) is 5.75 Å².